The van der Waals surface area contributed by atoms with Gasteiger partial charge in [-0.05, 0) is 48.9 Å². The molecule has 0 aliphatic carbocycles. The zero-order chi connectivity index (χ0) is 20.5. The van der Waals surface area contributed by atoms with Gasteiger partial charge in [0, 0.05) is 11.1 Å². The summed E-state index contributed by atoms with van der Waals surface area (Å²) in [5, 5.41) is 0. The van der Waals surface area contributed by atoms with Crippen LogP contribution in [0.5, 0.6) is 0 Å². The Balaban J connectivity index is 1.80. The molecule has 0 aliphatic rings. The minimum Gasteiger partial charge on any atom is -0.457 e. The van der Waals surface area contributed by atoms with Crippen LogP contribution in [0.3, 0.4) is 0 Å². The average Bonchev–Trinajstić information content (AvgIpc) is 2.69. The number of esters is 2. The van der Waals surface area contributed by atoms with Crippen molar-refractivity contribution in [2.75, 3.05) is 0 Å². The molecule has 146 valence electrons. The van der Waals surface area contributed by atoms with E-state index in [1.165, 1.54) is 11.1 Å². The Morgan fingerprint density at radius 2 is 0.929 bits per heavy atom. The third-order valence-corrected chi connectivity index (χ3v) is 4.19. The third kappa shape index (κ3) is 6.88. The molecule has 2 aromatic carbocycles. The van der Waals surface area contributed by atoms with Crippen LogP contribution in [0.4, 0.5) is 0 Å². The molecule has 28 heavy (non-hydrogen) atoms. The highest BCUT2D eigenvalue weighted by molar-refractivity contribution is 5.87. The molecule has 0 unspecified atom stereocenters. The lowest BCUT2D eigenvalue weighted by Gasteiger charge is -2.07. The molecule has 2 aromatic rings. The highest BCUT2D eigenvalue weighted by Crippen LogP contribution is 2.12. The van der Waals surface area contributed by atoms with E-state index in [0.29, 0.717) is 11.1 Å². The van der Waals surface area contributed by atoms with Gasteiger partial charge in [0.25, 0.3) is 0 Å². The summed E-state index contributed by atoms with van der Waals surface area (Å²) in [4.78, 5) is 22.8. The second-order valence-electron chi connectivity index (χ2n) is 6.85. The summed E-state index contributed by atoms with van der Waals surface area (Å²) in [6.45, 7) is 10.9. The first kappa shape index (κ1) is 21.2. The van der Waals surface area contributed by atoms with Gasteiger partial charge in [-0.2, -0.15) is 0 Å². The fourth-order valence-electron chi connectivity index (χ4n) is 2.44. The molecule has 0 atom stereocenters. The number of carbonyl (C=O) groups excluding carboxylic acids is 2. The summed E-state index contributed by atoms with van der Waals surface area (Å²) in [5.41, 5.74) is 5.14. The Hall–Kier alpha value is -3.14. The van der Waals surface area contributed by atoms with Crippen LogP contribution in [-0.4, -0.2) is 11.9 Å². The van der Waals surface area contributed by atoms with E-state index in [1.54, 1.807) is 13.8 Å². The highest BCUT2D eigenvalue weighted by Gasteiger charge is 2.05. The fourth-order valence-corrected chi connectivity index (χ4v) is 2.44. The summed E-state index contributed by atoms with van der Waals surface area (Å²) in [5.74, 6) is -0.746. The molecule has 0 saturated carbocycles. The topological polar surface area (TPSA) is 52.6 Å². The molecule has 0 radical (unpaired) electrons. The van der Waals surface area contributed by atoms with Crippen LogP contribution >= 0.6 is 0 Å². The van der Waals surface area contributed by atoms with Gasteiger partial charge in [-0.3, -0.25) is 0 Å². The minimum absolute atomic E-state index is 0.253. The van der Waals surface area contributed by atoms with Gasteiger partial charge < -0.3 is 9.47 Å². The first-order valence-electron chi connectivity index (χ1n) is 9.16. The predicted molar refractivity (Wildman–Crippen MR) is 110 cm³/mol. The normalized spacial score (nSPS) is 10.2. The predicted octanol–water partition coefficient (Wildman–Crippen LogP) is 4.71. The first-order valence-corrected chi connectivity index (χ1v) is 9.16. The first-order chi connectivity index (χ1) is 13.3. The summed E-state index contributed by atoms with van der Waals surface area (Å²) in [7, 11) is 0. The maximum absolute atomic E-state index is 11.4. The molecule has 4 heteroatoms. The van der Waals surface area contributed by atoms with E-state index in [4.69, 9.17) is 9.47 Å². The van der Waals surface area contributed by atoms with Crippen LogP contribution in [0.2, 0.25) is 0 Å². The van der Waals surface area contributed by atoms with Crippen LogP contribution in [0.1, 0.15) is 36.1 Å². The number of hydrogen-bond donors (Lipinski definition) is 0. The lowest BCUT2D eigenvalue weighted by atomic mass is 10.0. The number of rotatable bonds is 9. The van der Waals surface area contributed by atoms with Crippen molar-refractivity contribution in [2.45, 2.75) is 39.9 Å². The minimum atomic E-state index is -0.373. The van der Waals surface area contributed by atoms with Crippen molar-refractivity contribution in [3.8, 4) is 0 Å². The molecule has 0 aromatic heterocycles. The Bertz CT molecular complexity index is 772. The maximum atomic E-state index is 11.4. The quantitative estimate of drug-likeness (QED) is 0.468. The molecule has 0 aliphatic heterocycles. The lowest BCUT2D eigenvalue weighted by molar-refractivity contribution is -0.141. The number of hydrogen-bond acceptors (Lipinski definition) is 4. The third-order valence-electron chi connectivity index (χ3n) is 4.19. The molecular formula is C24H26O4. The Morgan fingerprint density at radius 1 is 0.643 bits per heavy atom. The Labute approximate surface area is 166 Å². The summed E-state index contributed by atoms with van der Waals surface area (Å²) >= 11 is 0. The number of aryl methyl sites for hydroxylation is 2. The van der Waals surface area contributed by atoms with E-state index in [1.807, 2.05) is 24.3 Å². The number of carbonyl (C=O) groups is 2. The molecule has 0 fully saturated rings. The Morgan fingerprint density at radius 3 is 1.21 bits per heavy atom. The van der Waals surface area contributed by atoms with E-state index in [0.717, 1.165) is 24.0 Å². The summed E-state index contributed by atoms with van der Waals surface area (Å²) < 4.78 is 10.3. The average molecular weight is 378 g/mol. The molecule has 0 amide bonds. The van der Waals surface area contributed by atoms with Gasteiger partial charge in [0.1, 0.15) is 13.2 Å². The SMILES string of the molecule is C=C(C)C(=O)OCc1ccc(CCc2ccc(COC(=O)C(=C)C)cc2)cc1. The zero-order valence-corrected chi connectivity index (χ0v) is 16.5. The molecule has 0 heterocycles. The van der Waals surface area contributed by atoms with Gasteiger partial charge in [-0.15, -0.1) is 0 Å². The fraction of sp³-hybridized carbons (Fsp3) is 0.250. The summed E-state index contributed by atoms with van der Waals surface area (Å²) in [6.07, 6.45) is 1.83. The lowest BCUT2D eigenvalue weighted by Crippen LogP contribution is -2.05. The van der Waals surface area contributed by atoms with E-state index in [9.17, 15) is 9.59 Å². The number of ether oxygens (including phenoxy) is 2. The molecule has 0 N–H and O–H groups in total. The molecule has 2 rings (SSSR count). The maximum Gasteiger partial charge on any atom is 0.333 e. The highest BCUT2D eigenvalue weighted by atomic mass is 16.5. The van der Waals surface area contributed by atoms with Gasteiger partial charge >= 0.3 is 11.9 Å². The standard InChI is InChI=1S/C24H26O4/c1-17(2)23(25)27-15-21-11-7-19(8-12-21)5-6-20-9-13-22(14-10-20)16-28-24(26)18(3)4/h7-14H,1,3,5-6,15-16H2,2,4H3. The van der Waals surface area contributed by atoms with Crippen molar-refractivity contribution < 1.29 is 19.1 Å². The smallest absolute Gasteiger partial charge is 0.333 e. The zero-order valence-electron chi connectivity index (χ0n) is 16.5. The molecule has 4 nitrogen and oxygen atoms in total. The van der Waals surface area contributed by atoms with Gasteiger partial charge in [0.05, 0.1) is 0 Å². The van der Waals surface area contributed by atoms with E-state index in [-0.39, 0.29) is 25.2 Å². The van der Waals surface area contributed by atoms with Gasteiger partial charge in [-0.1, -0.05) is 61.7 Å². The molecule has 0 spiro atoms. The van der Waals surface area contributed by atoms with Crippen molar-refractivity contribution in [3.63, 3.8) is 0 Å². The molecule has 0 bridgehead atoms. The van der Waals surface area contributed by atoms with E-state index < -0.39 is 0 Å². The van der Waals surface area contributed by atoms with Crippen molar-refractivity contribution in [3.05, 3.63) is 95.1 Å². The summed E-state index contributed by atoms with van der Waals surface area (Å²) in [6, 6.07) is 16.1. The van der Waals surface area contributed by atoms with E-state index >= 15 is 0 Å². The second kappa shape index (κ2) is 10.3. The van der Waals surface area contributed by atoms with Crippen molar-refractivity contribution in [2.24, 2.45) is 0 Å². The van der Waals surface area contributed by atoms with Crippen LogP contribution in [0.25, 0.3) is 0 Å². The van der Waals surface area contributed by atoms with Gasteiger partial charge in [-0.25, -0.2) is 9.59 Å². The Kier molecular flexibility index (Phi) is 7.76. The monoisotopic (exact) mass is 378 g/mol. The van der Waals surface area contributed by atoms with Gasteiger partial charge in [0.2, 0.25) is 0 Å². The van der Waals surface area contributed by atoms with Crippen LogP contribution in [0, 0.1) is 0 Å². The van der Waals surface area contributed by atoms with Crippen molar-refractivity contribution >= 4 is 11.9 Å². The van der Waals surface area contributed by atoms with Crippen LogP contribution < -0.4 is 0 Å². The van der Waals surface area contributed by atoms with Crippen LogP contribution in [-0.2, 0) is 45.1 Å². The molecule has 0 saturated heterocycles. The second-order valence-corrected chi connectivity index (χ2v) is 6.85. The van der Waals surface area contributed by atoms with Crippen molar-refractivity contribution in [1.82, 2.24) is 0 Å². The van der Waals surface area contributed by atoms with E-state index in [2.05, 4.69) is 37.4 Å². The van der Waals surface area contributed by atoms with Gasteiger partial charge in [0.15, 0.2) is 0 Å². The largest absolute Gasteiger partial charge is 0.457 e. The number of benzene rings is 2. The molecular weight excluding hydrogens is 352 g/mol. The van der Waals surface area contributed by atoms with Crippen LogP contribution in [0.15, 0.2) is 72.8 Å². The van der Waals surface area contributed by atoms with Crippen molar-refractivity contribution in [1.29, 1.82) is 0 Å².